The summed E-state index contributed by atoms with van der Waals surface area (Å²) in [5.74, 6) is -0.933. The maximum atomic E-state index is 11.2. The Morgan fingerprint density at radius 2 is 1.94 bits per heavy atom. The molecule has 8 nitrogen and oxygen atoms in total. The molecule has 1 amide bonds. The fraction of sp³-hybridized carbons (Fsp3) is 0.750. The Labute approximate surface area is 99.5 Å². The molecule has 0 spiro atoms. The molecule has 0 atom stereocenters. The van der Waals surface area contributed by atoms with Gasteiger partial charge in [0, 0.05) is 13.0 Å². The van der Waals surface area contributed by atoms with E-state index < -0.39 is 22.3 Å². The third-order valence-electron chi connectivity index (χ3n) is 1.60. The smallest absolute Gasteiger partial charge is 0.421 e. The number of carboxylic acids is 1. The Bertz CT molecular complexity index is 353. The van der Waals surface area contributed by atoms with Gasteiger partial charge in [0.2, 0.25) is 0 Å². The summed E-state index contributed by atoms with van der Waals surface area (Å²) >= 11 is 0. The van der Waals surface area contributed by atoms with Gasteiger partial charge in [0.1, 0.15) is 0 Å². The van der Waals surface area contributed by atoms with Crippen molar-refractivity contribution in [1.29, 1.82) is 0 Å². The van der Waals surface area contributed by atoms with E-state index in [1.165, 1.54) is 0 Å². The summed E-state index contributed by atoms with van der Waals surface area (Å²) in [6.45, 7) is 1.67. The highest BCUT2D eigenvalue weighted by Crippen LogP contribution is 1.94. The molecule has 0 aliphatic rings. The molecular weight excluding hydrogens is 252 g/mol. The number of nitrogens with one attached hydrogen (secondary N) is 2. The van der Waals surface area contributed by atoms with Crippen molar-refractivity contribution >= 4 is 22.3 Å². The van der Waals surface area contributed by atoms with Crippen molar-refractivity contribution < 1.29 is 27.9 Å². The van der Waals surface area contributed by atoms with E-state index in [2.05, 4.69) is 9.46 Å². The lowest BCUT2D eigenvalue weighted by Crippen LogP contribution is -2.40. The van der Waals surface area contributed by atoms with E-state index in [1.54, 1.807) is 11.6 Å². The van der Waals surface area contributed by atoms with Crippen molar-refractivity contribution in [3.63, 3.8) is 0 Å². The van der Waals surface area contributed by atoms with Crippen molar-refractivity contribution in [3.05, 3.63) is 0 Å². The Kier molecular flexibility index (Phi) is 7.22. The van der Waals surface area contributed by atoms with Gasteiger partial charge in [0.05, 0.1) is 6.61 Å². The zero-order valence-corrected chi connectivity index (χ0v) is 10.2. The third kappa shape index (κ3) is 9.57. The molecule has 0 saturated heterocycles. The largest absolute Gasteiger partial charge is 0.481 e. The minimum Gasteiger partial charge on any atom is -0.481 e. The number of unbranched alkanes of at least 4 members (excludes halogenated alkanes) is 1. The van der Waals surface area contributed by atoms with Crippen LogP contribution in [0.2, 0.25) is 0 Å². The van der Waals surface area contributed by atoms with Crippen LogP contribution in [0, 0.1) is 0 Å². The van der Waals surface area contributed by atoms with Gasteiger partial charge in [-0.1, -0.05) is 0 Å². The van der Waals surface area contributed by atoms with Crippen LogP contribution in [0.1, 0.15) is 26.2 Å². The third-order valence-corrected chi connectivity index (χ3v) is 2.62. The second-order valence-electron chi connectivity index (χ2n) is 3.07. The first-order valence-corrected chi connectivity index (χ1v) is 6.51. The molecule has 0 fully saturated rings. The Morgan fingerprint density at radius 1 is 1.29 bits per heavy atom. The molecular formula is C8H16N2O6S. The van der Waals surface area contributed by atoms with E-state index in [1.807, 2.05) is 0 Å². The second-order valence-corrected chi connectivity index (χ2v) is 4.57. The normalized spacial score (nSPS) is 10.9. The van der Waals surface area contributed by atoms with E-state index in [4.69, 9.17) is 5.11 Å². The summed E-state index contributed by atoms with van der Waals surface area (Å²) in [6.07, 6.45) is -0.342. The fourth-order valence-corrected chi connectivity index (χ4v) is 1.68. The molecule has 3 N–H and O–H groups in total. The van der Waals surface area contributed by atoms with Crippen LogP contribution in [0.5, 0.6) is 0 Å². The lowest BCUT2D eigenvalue weighted by Gasteiger charge is -2.07. The molecule has 17 heavy (non-hydrogen) atoms. The molecule has 0 aromatic carbocycles. The topological polar surface area (TPSA) is 122 Å². The van der Waals surface area contributed by atoms with Gasteiger partial charge in [0.25, 0.3) is 0 Å². The predicted molar refractivity (Wildman–Crippen MR) is 58.6 cm³/mol. The minimum absolute atomic E-state index is 0.0208. The summed E-state index contributed by atoms with van der Waals surface area (Å²) in [6, 6.07) is 0. The minimum atomic E-state index is -3.93. The first kappa shape index (κ1) is 15.7. The van der Waals surface area contributed by atoms with Crippen molar-refractivity contribution in [2.45, 2.75) is 26.2 Å². The van der Waals surface area contributed by atoms with Gasteiger partial charge in [-0.2, -0.15) is 13.1 Å². The van der Waals surface area contributed by atoms with Crippen LogP contribution in [-0.2, 0) is 19.7 Å². The van der Waals surface area contributed by atoms with Crippen LogP contribution in [0.3, 0.4) is 0 Å². The van der Waals surface area contributed by atoms with Crippen molar-refractivity contribution in [1.82, 2.24) is 9.44 Å². The number of carbonyl (C=O) groups excluding carboxylic acids is 1. The monoisotopic (exact) mass is 268 g/mol. The fourth-order valence-electron chi connectivity index (χ4n) is 0.914. The molecule has 0 aliphatic carbocycles. The molecule has 0 aromatic rings. The lowest BCUT2D eigenvalue weighted by molar-refractivity contribution is -0.137. The van der Waals surface area contributed by atoms with E-state index in [0.717, 1.165) is 0 Å². The second kappa shape index (κ2) is 7.85. The van der Waals surface area contributed by atoms with E-state index >= 15 is 0 Å². The highest BCUT2D eigenvalue weighted by Gasteiger charge is 2.13. The van der Waals surface area contributed by atoms with Crippen LogP contribution in [0.25, 0.3) is 0 Å². The van der Waals surface area contributed by atoms with Gasteiger partial charge in [-0.25, -0.2) is 9.52 Å². The summed E-state index contributed by atoms with van der Waals surface area (Å²) in [7, 11) is -3.93. The van der Waals surface area contributed by atoms with Crippen molar-refractivity contribution in [2.24, 2.45) is 0 Å². The first-order valence-electron chi connectivity index (χ1n) is 5.03. The molecule has 9 heteroatoms. The van der Waals surface area contributed by atoms with E-state index in [9.17, 15) is 18.0 Å². The van der Waals surface area contributed by atoms with Crippen LogP contribution in [0.4, 0.5) is 4.79 Å². The highest BCUT2D eigenvalue weighted by molar-refractivity contribution is 7.88. The summed E-state index contributed by atoms with van der Waals surface area (Å²) in [5.41, 5.74) is 0. The summed E-state index contributed by atoms with van der Waals surface area (Å²) < 4.78 is 30.5. The first-order chi connectivity index (χ1) is 7.87. The van der Waals surface area contributed by atoms with Gasteiger partial charge < -0.3 is 9.84 Å². The molecule has 0 radical (unpaired) electrons. The molecule has 0 rings (SSSR count). The van der Waals surface area contributed by atoms with Crippen LogP contribution >= 0.6 is 0 Å². The number of amides is 1. The molecule has 0 aromatic heterocycles. The maximum absolute atomic E-state index is 11.2. The molecule has 0 unspecified atom stereocenters. The number of carbonyl (C=O) groups is 2. The number of aliphatic carboxylic acids is 1. The SMILES string of the molecule is CCOC(=O)NS(=O)(=O)NCCCCC(=O)O. The molecule has 0 saturated carbocycles. The molecule has 0 heterocycles. The number of rotatable bonds is 8. The van der Waals surface area contributed by atoms with Crippen molar-refractivity contribution in [3.8, 4) is 0 Å². The quantitative estimate of drug-likeness (QED) is 0.525. The van der Waals surface area contributed by atoms with Crippen LogP contribution in [-0.4, -0.2) is 38.7 Å². The van der Waals surface area contributed by atoms with E-state index in [0.29, 0.717) is 12.8 Å². The number of carboxylic acid groups (broad SMARTS) is 1. The molecule has 100 valence electrons. The average molecular weight is 268 g/mol. The average Bonchev–Trinajstić information content (AvgIpc) is 2.15. The number of hydrogen-bond acceptors (Lipinski definition) is 5. The highest BCUT2D eigenvalue weighted by atomic mass is 32.2. The summed E-state index contributed by atoms with van der Waals surface area (Å²) in [4.78, 5) is 21.0. The Balaban J connectivity index is 3.79. The van der Waals surface area contributed by atoms with Gasteiger partial charge in [-0.15, -0.1) is 0 Å². The van der Waals surface area contributed by atoms with Crippen LogP contribution in [0.15, 0.2) is 0 Å². The number of ether oxygens (including phenoxy) is 1. The molecule has 0 bridgehead atoms. The lowest BCUT2D eigenvalue weighted by atomic mass is 10.2. The summed E-state index contributed by atoms with van der Waals surface area (Å²) in [5, 5.41) is 8.34. The standard InChI is InChI=1S/C8H16N2O6S/c1-2-16-8(13)10-17(14,15)9-6-4-3-5-7(11)12/h9H,2-6H2,1H3,(H,10,13)(H,11,12). The predicted octanol–water partition coefficient (Wildman–Crippen LogP) is -0.178. The zero-order valence-electron chi connectivity index (χ0n) is 9.43. The maximum Gasteiger partial charge on any atom is 0.421 e. The van der Waals surface area contributed by atoms with Gasteiger partial charge in [-0.3, -0.25) is 4.79 Å². The van der Waals surface area contributed by atoms with Gasteiger partial charge in [-0.05, 0) is 19.8 Å². The Hall–Kier alpha value is -1.35. The zero-order chi connectivity index (χ0) is 13.3. The molecule has 0 aliphatic heterocycles. The van der Waals surface area contributed by atoms with Gasteiger partial charge >= 0.3 is 22.3 Å². The van der Waals surface area contributed by atoms with Gasteiger partial charge in [0.15, 0.2) is 0 Å². The van der Waals surface area contributed by atoms with Crippen LogP contribution < -0.4 is 9.44 Å². The van der Waals surface area contributed by atoms with Crippen molar-refractivity contribution in [2.75, 3.05) is 13.2 Å². The van der Waals surface area contributed by atoms with E-state index in [-0.39, 0.29) is 19.6 Å². The Morgan fingerprint density at radius 3 is 2.47 bits per heavy atom. The number of hydrogen-bond donors (Lipinski definition) is 3.